The Balaban J connectivity index is 1.75. The molecule has 5 nitrogen and oxygen atoms in total. The van der Waals surface area contributed by atoms with Gasteiger partial charge in [-0.2, -0.15) is 4.98 Å². The van der Waals surface area contributed by atoms with Gasteiger partial charge in [-0.3, -0.25) is 9.78 Å². The first-order chi connectivity index (χ1) is 11.3. The van der Waals surface area contributed by atoms with Gasteiger partial charge in [-0.25, -0.2) is 4.98 Å². The number of hydrogen-bond acceptors (Lipinski definition) is 5. The average molecular weight is 326 g/mol. The molecule has 0 saturated heterocycles. The third kappa shape index (κ3) is 2.86. The van der Waals surface area contributed by atoms with Crippen LogP contribution in [0.5, 0.6) is 0 Å². The summed E-state index contributed by atoms with van der Waals surface area (Å²) >= 11 is 1.61. The number of aromatic nitrogens is 3. The Hall–Kier alpha value is -2.21. The third-order valence-corrected chi connectivity index (χ3v) is 5.24. The van der Waals surface area contributed by atoms with E-state index in [1.165, 1.54) is 19.3 Å². The number of fused-ring (bicyclic) bond motifs is 1. The van der Waals surface area contributed by atoms with E-state index >= 15 is 0 Å². The fourth-order valence-corrected chi connectivity index (χ4v) is 3.97. The molecule has 3 aromatic rings. The summed E-state index contributed by atoms with van der Waals surface area (Å²) in [7, 11) is 0. The van der Waals surface area contributed by atoms with E-state index in [0.29, 0.717) is 23.0 Å². The molecule has 0 radical (unpaired) electrons. The number of H-pyrrole nitrogens is 1. The van der Waals surface area contributed by atoms with Crippen molar-refractivity contribution in [3.8, 4) is 10.4 Å². The largest absolute Gasteiger partial charge is 0.353 e. The average Bonchev–Trinajstić information content (AvgIpc) is 3.09. The molecule has 118 valence electrons. The lowest BCUT2D eigenvalue weighted by atomic mass is 9.96. The van der Waals surface area contributed by atoms with Gasteiger partial charge in [0.15, 0.2) is 5.65 Å². The highest BCUT2D eigenvalue weighted by atomic mass is 32.1. The highest BCUT2D eigenvalue weighted by molar-refractivity contribution is 7.13. The van der Waals surface area contributed by atoms with Gasteiger partial charge in [0, 0.05) is 22.7 Å². The Bertz CT molecular complexity index is 866. The summed E-state index contributed by atoms with van der Waals surface area (Å²) in [5, 5.41) is 5.93. The van der Waals surface area contributed by atoms with Crippen molar-refractivity contribution in [2.75, 3.05) is 5.32 Å². The zero-order valence-electron chi connectivity index (χ0n) is 12.7. The predicted molar refractivity (Wildman–Crippen MR) is 94.0 cm³/mol. The minimum absolute atomic E-state index is 0.134. The fourth-order valence-electron chi connectivity index (χ4n) is 3.21. The van der Waals surface area contributed by atoms with Crippen LogP contribution in [0.15, 0.2) is 34.6 Å². The van der Waals surface area contributed by atoms with Gasteiger partial charge in [0.25, 0.3) is 5.56 Å². The van der Waals surface area contributed by atoms with Crippen molar-refractivity contribution in [1.82, 2.24) is 15.0 Å². The van der Waals surface area contributed by atoms with E-state index in [-0.39, 0.29) is 5.56 Å². The molecule has 3 aromatic heterocycles. The summed E-state index contributed by atoms with van der Waals surface area (Å²) in [6.07, 6.45) is 7.74. The second-order valence-corrected chi connectivity index (χ2v) is 6.88. The lowest BCUT2D eigenvalue weighted by molar-refractivity contribution is 0.461. The SMILES string of the molecule is O=c1[nH]c(NC2CCCCC2)nc2nccc(-c3cccs3)c12. The van der Waals surface area contributed by atoms with Crippen LogP contribution in [0.25, 0.3) is 21.5 Å². The van der Waals surface area contributed by atoms with E-state index in [9.17, 15) is 4.79 Å². The Labute approximate surface area is 137 Å². The topological polar surface area (TPSA) is 70.7 Å². The molecule has 0 unspecified atom stereocenters. The van der Waals surface area contributed by atoms with Crippen molar-refractivity contribution < 1.29 is 0 Å². The standard InChI is InChI=1S/C17H18N4OS/c22-16-14-12(13-7-4-10-23-13)8-9-18-15(14)20-17(21-16)19-11-5-2-1-3-6-11/h4,7-11H,1-3,5-6H2,(H2,18,19,20,21,22). The van der Waals surface area contributed by atoms with Crippen LogP contribution in [-0.2, 0) is 0 Å². The fraction of sp³-hybridized carbons (Fsp3) is 0.353. The van der Waals surface area contributed by atoms with Crippen LogP contribution in [0.4, 0.5) is 5.95 Å². The van der Waals surface area contributed by atoms with E-state index in [0.717, 1.165) is 23.3 Å². The molecule has 1 aliphatic rings. The molecule has 0 aliphatic heterocycles. The van der Waals surface area contributed by atoms with E-state index < -0.39 is 0 Å². The maximum Gasteiger partial charge on any atom is 0.262 e. The van der Waals surface area contributed by atoms with Gasteiger partial charge in [-0.15, -0.1) is 11.3 Å². The molecule has 0 aromatic carbocycles. The Morgan fingerprint density at radius 3 is 2.87 bits per heavy atom. The quantitative estimate of drug-likeness (QED) is 0.768. The van der Waals surface area contributed by atoms with Crippen molar-refractivity contribution in [2.24, 2.45) is 0 Å². The van der Waals surface area contributed by atoms with E-state index in [1.807, 2.05) is 23.6 Å². The Morgan fingerprint density at radius 2 is 2.09 bits per heavy atom. The van der Waals surface area contributed by atoms with Crippen molar-refractivity contribution in [2.45, 2.75) is 38.1 Å². The molecular formula is C17H18N4OS. The van der Waals surface area contributed by atoms with Gasteiger partial charge in [-0.05, 0) is 30.4 Å². The van der Waals surface area contributed by atoms with E-state index in [1.54, 1.807) is 17.5 Å². The molecule has 6 heteroatoms. The minimum Gasteiger partial charge on any atom is -0.353 e. The van der Waals surface area contributed by atoms with Crippen molar-refractivity contribution in [1.29, 1.82) is 0 Å². The first-order valence-electron chi connectivity index (χ1n) is 8.01. The summed E-state index contributed by atoms with van der Waals surface area (Å²) in [5.74, 6) is 0.533. The molecule has 1 aliphatic carbocycles. The van der Waals surface area contributed by atoms with Crippen LogP contribution < -0.4 is 10.9 Å². The Kier molecular flexibility index (Phi) is 3.83. The van der Waals surface area contributed by atoms with Crippen molar-refractivity contribution in [3.63, 3.8) is 0 Å². The molecule has 0 amide bonds. The van der Waals surface area contributed by atoms with Gasteiger partial charge in [0.2, 0.25) is 5.95 Å². The number of thiophene rings is 1. The first kappa shape index (κ1) is 14.4. The van der Waals surface area contributed by atoms with Crippen LogP contribution in [0.2, 0.25) is 0 Å². The van der Waals surface area contributed by atoms with E-state index in [2.05, 4.69) is 20.3 Å². The Morgan fingerprint density at radius 1 is 1.22 bits per heavy atom. The number of rotatable bonds is 3. The molecule has 1 fully saturated rings. The van der Waals surface area contributed by atoms with Gasteiger partial charge in [-0.1, -0.05) is 25.3 Å². The summed E-state index contributed by atoms with van der Waals surface area (Å²) in [4.78, 5) is 25.4. The number of hydrogen-bond donors (Lipinski definition) is 2. The van der Waals surface area contributed by atoms with Crippen LogP contribution in [0, 0.1) is 0 Å². The van der Waals surface area contributed by atoms with Crippen LogP contribution in [0.3, 0.4) is 0 Å². The van der Waals surface area contributed by atoms with Crippen molar-refractivity contribution >= 4 is 28.3 Å². The number of nitrogens with zero attached hydrogens (tertiary/aromatic N) is 2. The van der Waals surface area contributed by atoms with Gasteiger partial charge in [0.05, 0.1) is 5.39 Å². The maximum atomic E-state index is 12.6. The second-order valence-electron chi connectivity index (χ2n) is 5.93. The lowest BCUT2D eigenvalue weighted by Crippen LogP contribution is -2.25. The number of nitrogens with one attached hydrogen (secondary N) is 2. The monoisotopic (exact) mass is 326 g/mol. The summed E-state index contributed by atoms with van der Waals surface area (Å²) in [6.45, 7) is 0. The smallest absolute Gasteiger partial charge is 0.262 e. The summed E-state index contributed by atoms with van der Waals surface area (Å²) < 4.78 is 0. The molecule has 0 bridgehead atoms. The molecule has 23 heavy (non-hydrogen) atoms. The highest BCUT2D eigenvalue weighted by Crippen LogP contribution is 2.28. The van der Waals surface area contributed by atoms with Crippen LogP contribution in [-0.4, -0.2) is 21.0 Å². The molecule has 2 N–H and O–H groups in total. The third-order valence-electron chi connectivity index (χ3n) is 4.34. The van der Waals surface area contributed by atoms with Gasteiger partial charge in [0.1, 0.15) is 0 Å². The number of aromatic amines is 1. The molecule has 1 saturated carbocycles. The zero-order chi connectivity index (χ0) is 15.6. The second kappa shape index (κ2) is 6.12. The molecule has 3 heterocycles. The molecular weight excluding hydrogens is 308 g/mol. The summed E-state index contributed by atoms with van der Waals surface area (Å²) in [6, 6.07) is 6.25. The van der Waals surface area contributed by atoms with Crippen LogP contribution in [0.1, 0.15) is 32.1 Å². The first-order valence-corrected chi connectivity index (χ1v) is 8.89. The predicted octanol–water partition coefficient (Wildman–Crippen LogP) is 3.79. The molecule has 4 rings (SSSR count). The van der Waals surface area contributed by atoms with Gasteiger partial charge < -0.3 is 5.32 Å². The van der Waals surface area contributed by atoms with E-state index in [4.69, 9.17) is 0 Å². The minimum atomic E-state index is -0.134. The maximum absolute atomic E-state index is 12.6. The normalized spacial score (nSPS) is 15.8. The van der Waals surface area contributed by atoms with Crippen LogP contribution >= 0.6 is 11.3 Å². The highest BCUT2D eigenvalue weighted by Gasteiger charge is 2.16. The number of pyridine rings is 1. The van der Waals surface area contributed by atoms with Gasteiger partial charge >= 0.3 is 0 Å². The molecule has 0 spiro atoms. The molecule has 0 atom stereocenters. The van der Waals surface area contributed by atoms with Crippen molar-refractivity contribution in [3.05, 3.63) is 40.1 Å². The summed E-state index contributed by atoms with van der Waals surface area (Å²) in [5.41, 5.74) is 1.26. The lowest BCUT2D eigenvalue weighted by Gasteiger charge is -2.22. The zero-order valence-corrected chi connectivity index (χ0v) is 13.5. The number of anilines is 1.